The van der Waals surface area contributed by atoms with Gasteiger partial charge in [0.2, 0.25) is 0 Å². The first-order valence-electron chi connectivity index (χ1n) is 9.28. The van der Waals surface area contributed by atoms with E-state index in [4.69, 9.17) is 0 Å². The van der Waals surface area contributed by atoms with Gasteiger partial charge in [0, 0.05) is 16.1 Å². The highest BCUT2D eigenvalue weighted by atomic mass is 32.1. The number of thiophene rings is 1. The molecule has 0 aliphatic rings. The number of aryl methyl sites for hydroxylation is 4. The Labute approximate surface area is 173 Å². The number of nitrogens with zero attached hydrogens (tertiary/aromatic N) is 2. The summed E-state index contributed by atoms with van der Waals surface area (Å²) in [5, 5.41) is 13.6. The fourth-order valence-corrected chi connectivity index (χ4v) is 4.41. The molecule has 2 heterocycles. The molecule has 6 heteroatoms. The van der Waals surface area contributed by atoms with E-state index in [1.54, 1.807) is 35.9 Å². The van der Waals surface area contributed by atoms with E-state index in [0.717, 1.165) is 32.6 Å². The Morgan fingerprint density at radius 1 is 0.966 bits per heavy atom. The second-order valence-corrected chi connectivity index (χ2v) is 8.40. The Morgan fingerprint density at radius 2 is 1.72 bits per heavy atom. The molecule has 0 atom stereocenters. The molecule has 2 aromatic carbocycles. The summed E-state index contributed by atoms with van der Waals surface area (Å²) in [6, 6.07) is 11.5. The molecular weight excluding hydrogens is 382 g/mol. The molecule has 5 nitrogen and oxygen atoms in total. The molecule has 2 aromatic heterocycles. The summed E-state index contributed by atoms with van der Waals surface area (Å²) in [6.45, 7) is 8.25. The minimum absolute atomic E-state index is 0.235. The van der Waals surface area contributed by atoms with Gasteiger partial charge in [-0.2, -0.15) is 0 Å². The third-order valence-corrected chi connectivity index (χ3v) is 6.21. The van der Waals surface area contributed by atoms with Crippen LogP contribution in [0.3, 0.4) is 0 Å². The fraction of sp³-hybridized carbons (Fsp3) is 0.174. The van der Waals surface area contributed by atoms with Crippen LogP contribution in [0.1, 0.15) is 31.9 Å². The first-order chi connectivity index (χ1) is 13.8. The molecule has 0 spiro atoms. The molecule has 29 heavy (non-hydrogen) atoms. The Hall–Kier alpha value is -3.25. The monoisotopic (exact) mass is 403 g/mol. The van der Waals surface area contributed by atoms with E-state index in [1.807, 2.05) is 6.92 Å². The summed E-state index contributed by atoms with van der Waals surface area (Å²) < 4.78 is 0. The van der Waals surface area contributed by atoms with Gasteiger partial charge in [0.1, 0.15) is 17.0 Å². The van der Waals surface area contributed by atoms with Crippen molar-refractivity contribution < 1.29 is 9.90 Å². The van der Waals surface area contributed by atoms with E-state index >= 15 is 0 Å². The van der Waals surface area contributed by atoms with Gasteiger partial charge in [-0.1, -0.05) is 24.3 Å². The average molecular weight is 404 g/mol. The third-order valence-electron chi connectivity index (χ3n) is 5.20. The average Bonchev–Trinajstić information content (AvgIpc) is 3.02. The number of aromatic nitrogens is 2. The zero-order chi connectivity index (χ0) is 20.7. The van der Waals surface area contributed by atoms with Crippen LogP contribution in [0, 0.1) is 27.7 Å². The van der Waals surface area contributed by atoms with Crippen molar-refractivity contribution in [3.8, 4) is 11.1 Å². The van der Waals surface area contributed by atoms with Crippen molar-refractivity contribution in [1.29, 1.82) is 0 Å². The maximum Gasteiger partial charge on any atom is 0.335 e. The van der Waals surface area contributed by atoms with E-state index in [-0.39, 0.29) is 5.56 Å². The highest BCUT2D eigenvalue weighted by Crippen LogP contribution is 2.41. The molecule has 0 unspecified atom stereocenters. The van der Waals surface area contributed by atoms with Crippen molar-refractivity contribution in [3.05, 3.63) is 69.9 Å². The summed E-state index contributed by atoms with van der Waals surface area (Å²) >= 11 is 1.64. The first kappa shape index (κ1) is 19.1. The van der Waals surface area contributed by atoms with Crippen LogP contribution >= 0.6 is 11.3 Å². The zero-order valence-corrected chi connectivity index (χ0v) is 17.5. The van der Waals surface area contributed by atoms with Crippen LogP contribution in [-0.2, 0) is 0 Å². The van der Waals surface area contributed by atoms with Gasteiger partial charge in [-0.15, -0.1) is 11.3 Å². The number of hydrogen-bond acceptors (Lipinski definition) is 5. The lowest BCUT2D eigenvalue weighted by Crippen LogP contribution is -2.01. The number of anilines is 2. The number of aromatic carboxylic acids is 1. The van der Waals surface area contributed by atoms with Crippen molar-refractivity contribution in [3.63, 3.8) is 0 Å². The maximum atomic E-state index is 11.4. The topological polar surface area (TPSA) is 75.1 Å². The zero-order valence-electron chi connectivity index (χ0n) is 16.7. The Bertz CT molecular complexity index is 1260. The summed E-state index contributed by atoms with van der Waals surface area (Å²) in [7, 11) is 0. The lowest BCUT2D eigenvalue weighted by molar-refractivity contribution is 0.0697. The van der Waals surface area contributed by atoms with Crippen molar-refractivity contribution >= 4 is 39.0 Å². The lowest BCUT2D eigenvalue weighted by atomic mass is 9.99. The highest BCUT2D eigenvalue weighted by Gasteiger charge is 2.18. The maximum absolute atomic E-state index is 11.4. The van der Waals surface area contributed by atoms with Crippen LogP contribution in [0.4, 0.5) is 11.5 Å². The number of carboxylic acids is 1. The third kappa shape index (κ3) is 3.47. The largest absolute Gasteiger partial charge is 0.478 e. The number of rotatable bonds is 4. The van der Waals surface area contributed by atoms with Crippen LogP contribution in [0.25, 0.3) is 21.3 Å². The Balaban J connectivity index is 1.90. The molecule has 0 radical (unpaired) electrons. The molecular formula is C23H21N3O2S. The lowest BCUT2D eigenvalue weighted by Gasteiger charge is -2.12. The first-order valence-corrected chi connectivity index (χ1v) is 10.1. The Morgan fingerprint density at radius 3 is 2.45 bits per heavy atom. The van der Waals surface area contributed by atoms with Gasteiger partial charge in [0.05, 0.1) is 10.9 Å². The van der Waals surface area contributed by atoms with E-state index in [2.05, 4.69) is 54.3 Å². The number of carboxylic acid groups (broad SMARTS) is 1. The predicted octanol–water partition coefficient (Wildman–Crippen LogP) is 6.03. The van der Waals surface area contributed by atoms with Gasteiger partial charge in [-0.3, -0.25) is 0 Å². The van der Waals surface area contributed by atoms with E-state index in [9.17, 15) is 9.90 Å². The molecule has 0 amide bonds. The molecule has 0 saturated heterocycles. The SMILES string of the molecule is Cc1ccc(-c2c(C)sc3ncnc(Nc4cc(C(=O)O)ccc4C)c23)cc1C. The molecule has 0 bridgehead atoms. The quantitative estimate of drug-likeness (QED) is 0.435. The molecule has 4 rings (SSSR count). The number of hydrogen-bond donors (Lipinski definition) is 2. The molecule has 0 aliphatic heterocycles. The van der Waals surface area contributed by atoms with Crippen molar-refractivity contribution in [2.24, 2.45) is 0 Å². The van der Waals surface area contributed by atoms with E-state index in [1.165, 1.54) is 16.0 Å². The summed E-state index contributed by atoms with van der Waals surface area (Å²) in [5.74, 6) is -0.277. The number of fused-ring (bicyclic) bond motifs is 1. The minimum atomic E-state index is -0.955. The molecule has 0 saturated carbocycles. The van der Waals surface area contributed by atoms with Gasteiger partial charge in [-0.25, -0.2) is 14.8 Å². The van der Waals surface area contributed by atoms with Gasteiger partial charge < -0.3 is 10.4 Å². The van der Waals surface area contributed by atoms with Crippen LogP contribution < -0.4 is 5.32 Å². The van der Waals surface area contributed by atoms with E-state index in [0.29, 0.717) is 5.82 Å². The predicted molar refractivity (Wildman–Crippen MR) is 118 cm³/mol. The van der Waals surface area contributed by atoms with Crippen LogP contribution in [-0.4, -0.2) is 21.0 Å². The van der Waals surface area contributed by atoms with Crippen molar-refractivity contribution in [1.82, 2.24) is 9.97 Å². The van der Waals surface area contributed by atoms with Gasteiger partial charge in [0.15, 0.2) is 0 Å². The van der Waals surface area contributed by atoms with Crippen LogP contribution in [0.2, 0.25) is 0 Å². The summed E-state index contributed by atoms with van der Waals surface area (Å²) in [5.41, 5.74) is 6.63. The summed E-state index contributed by atoms with van der Waals surface area (Å²) in [6.07, 6.45) is 1.54. The highest BCUT2D eigenvalue weighted by molar-refractivity contribution is 7.19. The molecule has 4 aromatic rings. The fourth-order valence-electron chi connectivity index (χ4n) is 3.40. The molecule has 0 fully saturated rings. The Kier molecular flexibility index (Phi) is 4.80. The standard InChI is InChI=1S/C23H21N3O2S/c1-12-5-7-16(9-14(12)3)19-15(4)29-22-20(19)21(24-11-25-22)26-18-10-17(23(27)28)8-6-13(18)2/h5-11H,1-4H3,(H,27,28)(H,24,25,26). The number of nitrogens with one attached hydrogen (secondary N) is 1. The normalized spacial score (nSPS) is 11.0. The van der Waals surface area contributed by atoms with Crippen molar-refractivity contribution in [2.45, 2.75) is 27.7 Å². The van der Waals surface area contributed by atoms with Gasteiger partial charge in [0.25, 0.3) is 0 Å². The van der Waals surface area contributed by atoms with Gasteiger partial charge in [-0.05, 0) is 62.1 Å². The van der Waals surface area contributed by atoms with Crippen molar-refractivity contribution in [2.75, 3.05) is 5.32 Å². The van der Waals surface area contributed by atoms with Gasteiger partial charge >= 0.3 is 5.97 Å². The minimum Gasteiger partial charge on any atom is -0.478 e. The molecule has 0 aliphatic carbocycles. The molecule has 146 valence electrons. The smallest absolute Gasteiger partial charge is 0.335 e. The number of benzene rings is 2. The number of carbonyl (C=O) groups is 1. The van der Waals surface area contributed by atoms with Crippen LogP contribution in [0.5, 0.6) is 0 Å². The van der Waals surface area contributed by atoms with E-state index < -0.39 is 5.97 Å². The second kappa shape index (κ2) is 7.29. The second-order valence-electron chi connectivity index (χ2n) is 7.19. The molecule has 2 N–H and O–H groups in total. The van der Waals surface area contributed by atoms with Crippen LogP contribution in [0.15, 0.2) is 42.7 Å². The summed E-state index contributed by atoms with van der Waals surface area (Å²) in [4.78, 5) is 22.4.